The first kappa shape index (κ1) is 12.8. The van der Waals surface area contributed by atoms with Gasteiger partial charge in [0.25, 0.3) is 10.1 Å². The smallest absolute Gasteiger partial charge is 0.264 e. The zero-order valence-electron chi connectivity index (χ0n) is 7.39. The van der Waals surface area contributed by atoms with E-state index >= 15 is 0 Å². The normalized spacial score (nSPS) is 14.4. The van der Waals surface area contributed by atoms with E-state index in [0.29, 0.717) is 25.7 Å². The highest BCUT2D eigenvalue weighted by Gasteiger charge is 2.04. The van der Waals surface area contributed by atoms with Crippen LogP contribution < -0.4 is 0 Å². The summed E-state index contributed by atoms with van der Waals surface area (Å²) in [5, 5.41) is 17.3. The van der Waals surface area contributed by atoms with Gasteiger partial charge in [-0.15, -0.1) is 0 Å². The van der Waals surface area contributed by atoms with Crippen LogP contribution in [0.4, 0.5) is 0 Å². The SMILES string of the molecule is O=S(=O)(O)CCCCCC(O)CO. The molecule has 13 heavy (non-hydrogen) atoms. The second-order valence-electron chi connectivity index (χ2n) is 2.97. The number of hydrogen-bond donors (Lipinski definition) is 3. The van der Waals surface area contributed by atoms with Crippen LogP contribution in [0.3, 0.4) is 0 Å². The van der Waals surface area contributed by atoms with Crippen LogP contribution in [0.2, 0.25) is 0 Å². The van der Waals surface area contributed by atoms with Crippen LogP contribution >= 0.6 is 0 Å². The summed E-state index contributed by atoms with van der Waals surface area (Å²) in [6.07, 6.45) is 1.40. The molecule has 6 heteroatoms. The number of aliphatic hydroxyl groups is 2. The number of unbranched alkanes of at least 4 members (excludes halogenated alkanes) is 2. The summed E-state index contributed by atoms with van der Waals surface area (Å²) >= 11 is 0. The molecule has 1 unspecified atom stereocenters. The molecule has 0 spiro atoms. The topological polar surface area (TPSA) is 94.8 Å². The van der Waals surface area contributed by atoms with Gasteiger partial charge in [-0.05, 0) is 12.8 Å². The molecule has 80 valence electrons. The van der Waals surface area contributed by atoms with Gasteiger partial charge in [0.1, 0.15) is 0 Å². The van der Waals surface area contributed by atoms with Crippen molar-refractivity contribution in [1.82, 2.24) is 0 Å². The minimum absolute atomic E-state index is 0.234. The molecule has 0 aliphatic rings. The van der Waals surface area contributed by atoms with Crippen molar-refractivity contribution in [3.05, 3.63) is 0 Å². The molecular weight excluding hydrogens is 196 g/mol. The van der Waals surface area contributed by atoms with Gasteiger partial charge in [0.15, 0.2) is 0 Å². The molecule has 0 bridgehead atoms. The van der Waals surface area contributed by atoms with E-state index in [-0.39, 0.29) is 12.4 Å². The molecule has 0 aromatic heterocycles. The number of hydrogen-bond acceptors (Lipinski definition) is 4. The van der Waals surface area contributed by atoms with Gasteiger partial charge in [-0.3, -0.25) is 4.55 Å². The van der Waals surface area contributed by atoms with E-state index in [1.165, 1.54) is 0 Å². The molecule has 0 heterocycles. The lowest BCUT2D eigenvalue weighted by atomic mass is 10.1. The third kappa shape index (κ3) is 9.75. The summed E-state index contributed by atoms with van der Waals surface area (Å²) < 4.78 is 28.9. The van der Waals surface area contributed by atoms with Crippen LogP contribution in [0.15, 0.2) is 0 Å². The second-order valence-corrected chi connectivity index (χ2v) is 4.54. The summed E-state index contributed by atoms with van der Waals surface area (Å²) in [5.74, 6) is -0.234. The monoisotopic (exact) mass is 212 g/mol. The summed E-state index contributed by atoms with van der Waals surface area (Å²) in [6.45, 7) is -0.266. The molecule has 0 saturated heterocycles. The van der Waals surface area contributed by atoms with E-state index in [2.05, 4.69) is 0 Å². The van der Waals surface area contributed by atoms with Crippen molar-refractivity contribution in [3.63, 3.8) is 0 Å². The molecule has 0 aliphatic carbocycles. The van der Waals surface area contributed by atoms with Crippen LogP contribution in [0.1, 0.15) is 25.7 Å². The first-order valence-corrected chi connectivity index (χ1v) is 5.80. The largest absolute Gasteiger partial charge is 0.394 e. The molecule has 0 saturated carbocycles. The van der Waals surface area contributed by atoms with E-state index < -0.39 is 16.2 Å². The Morgan fingerprint density at radius 1 is 1.15 bits per heavy atom. The first-order valence-electron chi connectivity index (χ1n) is 4.20. The van der Waals surface area contributed by atoms with Gasteiger partial charge in [-0.2, -0.15) is 8.42 Å². The second kappa shape index (κ2) is 6.31. The van der Waals surface area contributed by atoms with Crippen molar-refractivity contribution < 1.29 is 23.2 Å². The van der Waals surface area contributed by atoms with Gasteiger partial charge in [0.2, 0.25) is 0 Å². The molecule has 5 nitrogen and oxygen atoms in total. The fourth-order valence-electron chi connectivity index (χ4n) is 0.932. The van der Waals surface area contributed by atoms with Gasteiger partial charge >= 0.3 is 0 Å². The lowest BCUT2D eigenvalue weighted by molar-refractivity contribution is 0.0861. The molecule has 0 aliphatic heterocycles. The van der Waals surface area contributed by atoms with E-state index in [9.17, 15) is 8.42 Å². The highest BCUT2D eigenvalue weighted by Crippen LogP contribution is 2.04. The highest BCUT2D eigenvalue weighted by atomic mass is 32.2. The minimum Gasteiger partial charge on any atom is -0.394 e. The van der Waals surface area contributed by atoms with E-state index in [4.69, 9.17) is 14.8 Å². The van der Waals surface area contributed by atoms with Crippen molar-refractivity contribution in [2.24, 2.45) is 0 Å². The van der Waals surface area contributed by atoms with Gasteiger partial charge in [-0.1, -0.05) is 12.8 Å². The predicted octanol–water partition coefficient (Wildman–Crippen LogP) is -0.212. The number of aliphatic hydroxyl groups excluding tert-OH is 2. The fraction of sp³-hybridized carbons (Fsp3) is 1.00. The molecular formula is C7H16O5S. The van der Waals surface area contributed by atoms with Gasteiger partial charge < -0.3 is 10.2 Å². The Kier molecular flexibility index (Phi) is 6.23. The molecule has 0 rings (SSSR count). The van der Waals surface area contributed by atoms with Crippen LogP contribution in [0, 0.1) is 0 Å². The molecule has 0 amide bonds. The maximum atomic E-state index is 10.3. The maximum Gasteiger partial charge on any atom is 0.264 e. The highest BCUT2D eigenvalue weighted by molar-refractivity contribution is 7.85. The zero-order chi connectivity index (χ0) is 10.3. The Bertz CT molecular complexity index is 211. The van der Waals surface area contributed by atoms with E-state index in [1.54, 1.807) is 0 Å². The average molecular weight is 212 g/mol. The van der Waals surface area contributed by atoms with Crippen LogP contribution in [0.25, 0.3) is 0 Å². The molecule has 0 aromatic rings. The van der Waals surface area contributed by atoms with E-state index in [1.807, 2.05) is 0 Å². The summed E-state index contributed by atoms with van der Waals surface area (Å²) in [5.41, 5.74) is 0. The van der Waals surface area contributed by atoms with Crippen molar-refractivity contribution in [1.29, 1.82) is 0 Å². The lowest BCUT2D eigenvalue weighted by Crippen LogP contribution is -2.11. The summed E-state index contributed by atoms with van der Waals surface area (Å²) in [7, 11) is -3.84. The molecule has 0 radical (unpaired) electrons. The molecule has 1 atom stereocenters. The number of rotatable bonds is 7. The van der Waals surface area contributed by atoms with Crippen LogP contribution in [-0.2, 0) is 10.1 Å². The zero-order valence-corrected chi connectivity index (χ0v) is 8.20. The average Bonchev–Trinajstić information content (AvgIpc) is 2.01. The van der Waals surface area contributed by atoms with Gasteiger partial charge in [-0.25, -0.2) is 0 Å². The fourth-order valence-corrected chi connectivity index (χ4v) is 1.50. The standard InChI is InChI=1S/C7H16O5S/c8-6-7(9)4-2-1-3-5-13(10,11)12/h7-9H,1-6H2,(H,10,11,12). The predicted molar refractivity (Wildman–Crippen MR) is 48.0 cm³/mol. The van der Waals surface area contributed by atoms with Crippen molar-refractivity contribution >= 4 is 10.1 Å². The van der Waals surface area contributed by atoms with Gasteiger partial charge in [0.05, 0.1) is 18.5 Å². The quantitative estimate of drug-likeness (QED) is 0.401. The Morgan fingerprint density at radius 3 is 2.23 bits per heavy atom. The Morgan fingerprint density at radius 2 is 1.77 bits per heavy atom. The third-order valence-electron chi connectivity index (χ3n) is 1.65. The summed E-state index contributed by atoms with van der Waals surface area (Å²) in [6, 6.07) is 0. The molecule has 0 fully saturated rings. The van der Waals surface area contributed by atoms with Crippen molar-refractivity contribution in [2.45, 2.75) is 31.8 Å². The van der Waals surface area contributed by atoms with Crippen molar-refractivity contribution in [2.75, 3.05) is 12.4 Å². The first-order chi connectivity index (χ1) is 5.95. The Balaban J connectivity index is 3.27. The van der Waals surface area contributed by atoms with Gasteiger partial charge in [0, 0.05) is 0 Å². The Labute approximate surface area is 78.1 Å². The molecule has 3 N–H and O–H groups in total. The Hall–Kier alpha value is -0.170. The third-order valence-corrected chi connectivity index (χ3v) is 2.45. The summed E-state index contributed by atoms with van der Waals surface area (Å²) in [4.78, 5) is 0. The van der Waals surface area contributed by atoms with Crippen molar-refractivity contribution in [3.8, 4) is 0 Å². The minimum atomic E-state index is -3.84. The van der Waals surface area contributed by atoms with Crippen LogP contribution in [0.5, 0.6) is 0 Å². The maximum absolute atomic E-state index is 10.3. The van der Waals surface area contributed by atoms with Crippen LogP contribution in [-0.4, -0.2) is 41.6 Å². The van der Waals surface area contributed by atoms with E-state index in [0.717, 1.165) is 0 Å². The molecule has 0 aromatic carbocycles. The lowest BCUT2D eigenvalue weighted by Gasteiger charge is -2.05.